The largest absolute Gasteiger partial charge is 0.360 e. The van der Waals surface area contributed by atoms with E-state index in [9.17, 15) is 4.79 Å². The first-order valence-electron chi connectivity index (χ1n) is 7.95. The number of para-hydroxylation sites is 1. The Hall–Kier alpha value is -1.94. The van der Waals surface area contributed by atoms with Crippen LogP contribution in [0.1, 0.15) is 18.1 Å². The highest BCUT2D eigenvalue weighted by Gasteiger charge is 2.23. The van der Waals surface area contributed by atoms with Gasteiger partial charge in [0.2, 0.25) is 5.91 Å². The second-order valence-electron chi connectivity index (χ2n) is 5.98. The fraction of sp³-hybridized carbons (Fsp3) is 0.316. The molecule has 0 spiro atoms. The third kappa shape index (κ3) is 3.88. The number of fused-ring (bicyclic) bond motifs is 1. The standard InChI is InChI=1S/C19H22N2OS/c1-14-7-3-4-8-16(14)11-20-19(22)13-21-12-15(2)23-18-10-6-5-9-17(18)21/h3-10,15H,11-13H2,1-2H3,(H,20,22)/t15-/m0/s1. The molecule has 1 aliphatic heterocycles. The van der Waals surface area contributed by atoms with Crippen LogP contribution in [0.4, 0.5) is 5.69 Å². The lowest BCUT2D eigenvalue weighted by Crippen LogP contribution is -2.41. The average Bonchev–Trinajstić information content (AvgIpc) is 2.54. The summed E-state index contributed by atoms with van der Waals surface area (Å²) < 4.78 is 0. The van der Waals surface area contributed by atoms with E-state index in [0.717, 1.165) is 6.54 Å². The molecule has 2 aromatic rings. The van der Waals surface area contributed by atoms with Crippen molar-refractivity contribution in [2.75, 3.05) is 18.0 Å². The molecule has 1 aliphatic rings. The molecule has 1 amide bonds. The molecule has 3 nitrogen and oxygen atoms in total. The quantitative estimate of drug-likeness (QED) is 0.931. The molecule has 2 aromatic carbocycles. The summed E-state index contributed by atoms with van der Waals surface area (Å²) in [5, 5.41) is 3.54. The Morgan fingerprint density at radius 1 is 1.22 bits per heavy atom. The van der Waals surface area contributed by atoms with Crippen LogP contribution in [0, 0.1) is 6.92 Å². The molecular weight excluding hydrogens is 304 g/mol. The van der Waals surface area contributed by atoms with Gasteiger partial charge < -0.3 is 10.2 Å². The fourth-order valence-electron chi connectivity index (χ4n) is 2.86. The van der Waals surface area contributed by atoms with Crippen LogP contribution >= 0.6 is 11.8 Å². The number of thioether (sulfide) groups is 1. The fourth-order valence-corrected chi connectivity index (χ4v) is 4.02. The molecule has 0 radical (unpaired) electrons. The maximum absolute atomic E-state index is 12.4. The summed E-state index contributed by atoms with van der Waals surface area (Å²) in [6, 6.07) is 16.5. The van der Waals surface area contributed by atoms with Crippen LogP contribution in [0.15, 0.2) is 53.4 Å². The molecule has 1 atom stereocenters. The molecule has 1 N–H and O–H groups in total. The van der Waals surface area contributed by atoms with Gasteiger partial charge in [-0.2, -0.15) is 0 Å². The number of amides is 1. The van der Waals surface area contributed by atoms with Crippen molar-refractivity contribution in [3.8, 4) is 0 Å². The summed E-state index contributed by atoms with van der Waals surface area (Å²) >= 11 is 1.88. The number of carbonyl (C=O) groups is 1. The molecule has 3 rings (SSSR count). The molecule has 0 bridgehead atoms. The van der Waals surface area contributed by atoms with Crippen molar-refractivity contribution in [3.63, 3.8) is 0 Å². The predicted molar refractivity (Wildman–Crippen MR) is 97.0 cm³/mol. The van der Waals surface area contributed by atoms with Gasteiger partial charge in [-0.3, -0.25) is 4.79 Å². The van der Waals surface area contributed by atoms with Crippen LogP contribution < -0.4 is 10.2 Å². The van der Waals surface area contributed by atoms with Gasteiger partial charge in [-0.15, -0.1) is 11.8 Å². The van der Waals surface area contributed by atoms with Crippen LogP contribution in [0.3, 0.4) is 0 Å². The van der Waals surface area contributed by atoms with Gasteiger partial charge in [0.15, 0.2) is 0 Å². The number of benzene rings is 2. The zero-order chi connectivity index (χ0) is 16.2. The summed E-state index contributed by atoms with van der Waals surface area (Å²) in [6.45, 7) is 6.18. The Bertz CT molecular complexity index is 701. The molecule has 0 aliphatic carbocycles. The van der Waals surface area contributed by atoms with E-state index in [1.807, 2.05) is 30.0 Å². The van der Waals surface area contributed by atoms with E-state index in [0.29, 0.717) is 18.3 Å². The second-order valence-corrected chi connectivity index (χ2v) is 7.46. The number of nitrogens with one attached hydrogen (secondary N) is 1. The molecule has 0 fully saturated rings. The van der Waals surface area contributed by atoms with Crippen molar-refractivity contribution < 1.29 is 4.79 Å². The number of carbonyl (C=O) groups excluding carboxylic acids is 1. The van der Waals surface area contributed by atoms with E-state index in [-0.39, 0.29) is 5.91 Å². The van der Waals surface area contributed by atoms with E-state index in [1.54, 1.807) is 0 Å². The lowest BCUT2D eigenvalue weighted by molar-refractivity contribution is -0.119. The number of rotatable bonds is 4. The van der Waals surface area contributed by atoms with E-state index in [4.69, 9.17) is 0 Å². The van der Waals surface area contributed by atoms with Crippen LogP contribution in [0.2, 0.25) is 0 Å². The Morgan fingerprint density at radius 3 is 2.78 bits per heavy atom. The summed E-state index contributed by atoms with van der Waals surface area (Å²) in [7, 11) is 0. The van der Waals surface area contributed by atoms with Crippen LogP contribution in [0.25, 0.3) is 0 Å². The van der Waals surface area contributed by atoms with Gasteiger partial charge in [-0.1, -0.05) is 43.3 Å². The van der Waals surface area contributed by atoms with Gasteiger partial charge in [-0.25, -0.2) is 0 Å². The van der Waals surface area contributed by atoms with E-state index >= 15 is 0 Å². The van der Waals surface area contributed by atoms with E-state index in [2.05, 4.69) is 54.4 Å². The maximum Gasteiger partial charge on any atom is 0.239 e. The van der Waals surface area contributed by atoms with Gasteiger partial charge in [0.05, 0.1) is 12.2 Å². The SMILES string of the molecule is Cc1ccccc1CNC(=O)CN1C[C@H](C)Sc2ccccc21. The lowest BCUT2D eigenvalue weighted by atomic mass is 10.1. The minimum Gasteiger partial charge on any atom is -0.360 e. The number of anilines is 1. The summed E-state index contributed by atoms with van der Waals surface area (Å²) in [4.78, 5) is 15.8. The van der Waals surface area contributed by atoms with Crippen LogP contribution in [-0.2, 0) is 11.3 Å². The Balaban J connectivity index is 1.63. The first kappa shape index (κ1) is 15.9. The van der Waals surface area contributed by atoms with Crippen LogP contribution in [0.5, 0.6) is 0 Å². The molecule has 1 heterocycles. The van der Waals surface area contributed by atoms with Crippen LogP contribution in [-0.4, -0.2) is 24.2 Å². The number of hydrogen-bond donors (Lipinski definition) is 1. The average molecular weight is 326 g/mol. The minimum absolute atomic E-state index is 0.0714. The highest BCUT2D eigenvalue weighted by atomic mass is 32.2. The number of aryl methyl sites for hydroxylation is 1. The Labute approximate surface area is 142 Å². The van der Waals surface area contributed by atoms with Gasteiger partial charge >= 0.3 is 0 Å². The van der Waals surface area contributed by atoms with Crippen molar-refractivity contribution in [3.05, 3.63) is 59.7 Å². The number of hydrogen-bond acceptors (Lipinski definition) is 3. The molecule has 0 aromatic heterocycles. The molecule has 0 saturated carbocycles. The van der Waals surface area contributed by atoms with Crippen molar-refractivity contribution in [1.29, 1.82) is 0 Å². The van der Waals surface area contributed by atoms with Gasteiger partial charge in [-0.05, 0) is 30.2 Å². The maximum atomic E-state index is 12.4. The summed E-state index contributed by atoms with van der Waals surface area (Å²) in [6.07, 6.45) is 0. The van der Waals surface area contributed by atoms with Crippen molar-refractivity contribution in [2.24, 2.45) is 0 Å². The van der Waals surface area contributed by atoms with Crippen molar-refractivity contribution in [1.82, 2.24) is 5.32 Å². The van der Waals surface area contributed by atoms with Gasteiger partial charge in [0.1, 0.15) is 0 Å². The number of nitrogens with zero attached hydrogens (tertiary/aromatic N) is 1. The Morgan fingerprint density at radius 2 is 1.96 bits per heavy atom. The lowest BCUT2D eigenvalue weighted by Gasteiger charge is -2.33. The first-order chi connectivity index (χ1) is 11.1. The van der Waals surface area contributed by atoms with E-state index < -0.39 is 0 Å². The molecule has 0 unspecified atom stereocenters. The highest BCUT2D eigenvalue weighted by molar-refractivity contribution is 8.00. The third-order valence-corrected chi connectivity index (χ3v) is 5.23. The minimum atomic E-state index is 0.0714. The predicted octanol–water partition coefficient (Wildman–Crippen LogP) is 3.61. The molecule has 120 valence electrons. The topological polar surface area (TPSA) is 32.3 Å². The highest BCUT2D eigenvalue weighted by Crippen LogP contribution is 2.37. The van der Waals surface area contributed by atoms with Gasteiger partial charge in [0.25, 0.3) is 0 Å². The van der Waals surface area contributed by atoms with Crippen molar-refractivity contribution in [2.45, 2.75) is 30.5 Å². The molecule has 4 heteroatoms. The smallest absolute Gasteiger partial charge is 0.239 e. The van der Waals surface area contributed by atoms with Crippen molar-refractivity contribution >= 4 is 23.4 Å². The zero-order valence-corrected chi connectivity index (χ0v) is 14.4. The Kier molecular flexibility index (Phi) is 4.91. The van der Waals surface area contributed by atoms with E-state index in [1.165, 1.54) is 21.7 Å². The molecule has 0 saturated heterocycles. The molecule has 23 heavy (non-hydrogen) atoms. The third-order valence-electron chi connectivity index (χ3n) is 4.08. The van der Waals surface area contributed by atoms with Gasteiger partial charge in [0, 0.05) is 23.2 Å². The monoisotopic (exact) mass is 326 g/mol. The first-order valence-corrected chi connectivity index (χ1v) is 8.83. The summed E-state index contributed by atoms with van der Waals surface area (Å²) in [5.74, 6) is 0.0714. The summed E-state index contributed by atoms with van der Waals surface area (Å²) in [5.41, 5.74) is 3.55. The normalized spacial score (nSPS) is 16.8. The zero-order valence-electron chi connectivity index (χ0n) is 13.6. The second kappa shape index (κ2) is 7.09. The molecular formula is C19H22N2OS.